The van der Waals surface area contributed by atoms with E-state index in [-0.39, 0.29) is 0 Å². The molecular weight excluding hydrogens is 240 g/mol. The largest absolute Gasteiger partial charge is 0.0645 e. The van der Waals surface area contributed by atoms with Gasteiger partial charge in [0.15, 0.2) is 0 Å². The molecule has 3 rings (SSSR count). The predicted octanol–water partition coefficient (Wildman–Crippen LogP) is 5.72. The van der Waals surface area contributed by atoms with Gasteiger partial charge in [0.25, 0.3) is 0 Å². The smallest absolute Gasteiger partial charge is 0.00410 e. The van der Waals surface area contributed by atoms with E-state index >= 15 is 0 Å². The van der Waals surface area contributed by atoms with Crippen molar-refractivity contribution < 1.29 is 0 Å². The Bertz CT molecular complexity index is 537. The van der Waals surface area contributed by atoms with E-state index in [1.165, 1.54) is 25.7 Å². The highest BCUT2D eigenvalue weighted by Crippen LogP contribution is 2.56. The van der Waals surface area contributed by atoms with E-state index in [1.807, 2.05) is 0 Å². The number of benzene rings is 1. The molecule has 20 heavy (non-hydrogen) atoms. The molecule has 0 N–H and O–H groups in total. The van der Waals surface area contributed by atoms with Gasteiger partial charge < -0.3 is 0 Å². The molecule has 0 saturated carbocycles. The summed E-state index contributed by atoms with van der Waals surface area (Å²) in [5.74, 6) is 1.47. The van der Waals surface area contributed by atoms with Gasteiger partial charge in [-0.05, 0) is 70.6 Å². The lowest BCUT2D eigenvalue weighted by molar-refractivity contribution is 0.239. The van der Waals surface area contributed by atoms with E-state index in [2.05, 4.69) is 53.7 Å². The normalized spacial score (nSPS) is 34.7. The zero-order valence-electron chi connectivity index (χ0n) is 14.1. The lowest BCUT2D eigenvalue weighted by Gasteiger charge is -2.35. The summed E-state index contributed by atoms with van der Waals surface area (Å²) >= 11 is 0. The monoisotopic (exact) mass is 270 g/mol. The fourth-order valence-electron chi connectivity index (χ4n) is 4.86. The van der Waals surface area contributed by atoms with E-state index in [9.17, 15) is 0 Å². The van der Waals surface area contributed by atoms with Crippen molar-refractivity contribution in [2.24, 2.45) is 5.92 Å². The zero-order chi connectivity index (χ0) is 14.7. The van der Waals surface area contributed by atoms with Gasteiger partial charge in [-0.2, -0.15) is 0 Å². The van der Waals surface area contributed by atoms with Gasteiger partial charge in [0, 0.05) is 0 Å². The maximum absolute atomic E-state index is 2.59. The van der Waals surface area contributed by atoms with Crippen molar-refractivity contribution in [3.8, 4) is 0 Å². The van der Waals surface area contributed by atoms with Gasteiger partial charge >= 0.3 is 0 Å². The second-order valence-corrected chi connectivity index (χ2v) is 8.10. The van der Waals surface area contributed by atoms with Gasteiger partial charge in [0.2, 0.25) is 0 Å². The van der Waals surface area contributed by atoms with Crippen LogP contribution in [0.3, 0.4) is 0 Å². The van der Waals surface area contributed by atoms with Gasteiger partial charge in [-0.3, -0.25) is 0 Å². The molecule has 0 saturated heterocycles. The van der Waals surface area contributed by atoms with Crippen molar-refractivity contribution in [2.45, 2.75) is 84.0 Å². The maximum Gasteiger partial charge on any atom is -0.00410 e. The van der Waals surface area contributed by atoms with Crippen molar-refractivity contribution in [3.05, 3.63) is 34.4 Å². The van der Waals surface area contributed by atoms with E-state index in [1.54, 1.807) is 22.3 Å². The molecule has 1 aromatic rings. The van der Waals surface area contributed by atoms with E-state index < -0.39 is 0 Å². The lowest BCUT2D eigenvalue weighted by Crippen LogP contribution is -2.32. The Labute approximate surface area is 125 Å². The molecule has 2 aliphatic carbocycles. The van der Waals surface area contributed by atoms with E-state index in [0.29, 0.717) is 16.7 Å². The molecule has 0 aliphatic heterocycles. The first kappa shape index (κ1) is 14.2. The van der Waals surface area contributed by atoms with Gasteiger partial charge in [-0.25, -0.2) is 0 Å². The molecule has 3 atom stereocenters. The number of aryl methyl sites for hydroxylation is 1. The van der Waals surface area contributed by atoms with Gasteiger partial charge in [-0.15, -0.1) is 0 Å². The van der Waals surface area contributed by atoms with Crippen LogP contribution in [-0.2, 0) is 17.3 Å². The minimum atomic E-state index is 0.312. The van der Waals surface area contributed by atoms with Crippen LogP contribution in [0.4, 0.5) is 0 Å². The molecule has 0 bridgehead atoms. The highest BCUT2D eigenvalue weighted by Gasteiger charge is 2.50. The first-order chi connectivity index (χ1) is 9.32. The van der Waals surface area contributed by atoms with Gasteiger partial charge in [-0.1, -0.05) is 53.7 Å². The summed E-state index contributed by atoms with van der Waals surface area (Å²) < 4.78 is 0. The third-order valence-electron chi connectivity index (χ3n) is 6.98. The average Bonchev–Trinajstić information content (AvgIpc) is 2.58. The first-order valence-electron chi connectivity index (χ1n) is 8.50. The van der Waals surface area contributed by atoms with Gasteiger partial charge in [0.05, 0.1) is 0 Å². The minimum absolute atomic E-state index is 0.312. The molecule has 0 fully saturated rings. The topological polar surface area (TPSA) is 0 Å². The van der Waals surface area contributed by atoms with Crippen molar-refractivity contribution in [2.75, 3.05) is 0 Å². The molecule has 0 amide bonds. The summed E-state index contributed by atoms with van der Waals surface area (Å²) in [6, 6.07) is 5.18. The fourth-order valence-corrected chi connectivity index (χ4v) is 4.86. The standard InChI is InChI=1S/C20H30/c1-7-20(6)14(3)19(4,5)17-12-16-13(2)9-8-10-15(16)11-18(17)20/h11-14H,7-10H2,1-6H3. The SMILES string of the molecule is CCC1(C)c2cc3c(cc2C(C)(C)C1C)C(C)CCC3. The van der Waals surface area contributed by atoms with E-state index in [4.69, 9.17) is 0 Å². The quantitative estimate of drug-likeness (QED) is 0.612. The van der Waals surface area contributed by atoms with Crippen LogP contribution in [0.5, 0.6) is 0 Å². The molecule has 0 radical (unpaired) electrons. The summed E-state index contributed by atoms with van der Waals surface area (Å²) in [6.07, 6.45) is 5.28. The molecule has 1 aromatic carbocycles. The molecule has 0 heterocycles. The van der Waals surface area contributed by atoms with Crippen LogP contribution in [0, 0.1) is 5.92 Å². The minimum Gasteiger partial charge on any atom is -0.0645 e. The van der Waals surface area contributed by atoms with Crippen molar-refractivity contribution in [3.63, 3.8) is 0 Å². The predicted molar refractivity (Wildman–Crippen MR) is 87.6 cm³/mol. The average molecular weight is 270 g/mol. The fraction of sp³-hybridized carbons (Fsp3) is 0.700. The maximum atomic E-state index is 2.59. The van der Waals surface area contributed by atoms with Crippen LogP contribution in [0.2, 0.25) is 0 Å². The van der Waals surface area contributed by atoms with Crippen molar-refractivity contribution in [1.29, 1.82) is 0 Å². The number of fused-ring (bicyclic) bond motifs is 2. The highest BCUT2D eigenvalue weighted by molar-refractivity contribution is 5.52. The molecular formula is C20H30. The lowest BCUT2D eigenvalue weighted by atomic mass is 9.69. The Morgan fingerprint density at radius 1 is 1.10 bits per heavy atom. The first-order valence-corrected chi connectivity index (χ1v) is 8.50. The van der Waals surface area contributed by atoms with Crippen molar-refractivity contribution in [1.82, 2.24) is 0 Å². The second kappa shape index (κ2) is 4.36. The molecule has 110 valence electrons. The Hall–Kier alpha value is -0.780. The third-order valence-corrected chi connectivity index (χ3v) is 6.98. The van der Waals surface area contributed by atoms with Crippen LogP contribution >= 0.6 is 0 Å². The molecule has 0 nitrogen and oxygen atoms in total. The summed E-state index contributed by atoms with van der Waals surface area (Å²) in [4.78, 5) is 0. The Morgan fingerprint density at radius 3 is 2.45 bits per heavy atom. The highest BCUT2D eigenvalue weighted by atomic mass is 14.5. The molecule has 3 unspecified atom stereocenters. The summed E-state index contributed by atoms with van der Waals surface area (Å²) in [5, 5.41) is 0. The summed E-state index contributed by atoms with van der Waals surface area (Å²) in [5.41, 5.74) is 7.26. The molecule has 2 aliphatic rings. The summed E-state index contributed by atoms with van der Waals surface area (Å²) in [6.45, 7) is 14.6. The molecule has 0 heteroatoms. The van der Waals surface area contributed by atoms with Crippen molar-refractivity contribution >= 4 is 0 Å². The van der Waals surface area contributed by atoms with Crippen LogP contribution in [0.25, 0.3) is 0 Å². The zero-order valence-corrected chi connectivity index (χ0v) is 14.1. The number of hydrogen-bond donors (Lipinski definition) is 0. The Balaban J connectivity index is 2.25. The van der Waals surface area contributed by atoms with Crippen LogP contribution in [0.15, 0.2) is 12.1 Å². The summed E-state index contributed by atoms with van der Waals surface area (Å²) in [7, 11) is 0. The molecule has 0 spiro atoms. The number of rotatable bonds is 1. The van der Waals surface area contributed by atoms with E-state index in [0.717, 1.165) is 5.92 Å². The van der Waals surface area contributed by atoms with Crippen LogP contribution in [0.1, 0.15) is 89.0 Å². The Morgan fingerprint density at radius 2 is 1.80 bits per heavy atom. The van der Waals surface area contributed by atoms with Gasteiger partial charge in [0.1, 0.15) is 0 Å². The molecule has 0 aromatic heterocycles. The second-order valence-electron chi connectivity index (χ2n) is 8.10. The van der Waals surface area contributed by atoms with Crippen LogP contribution < -0.4 is 0 Å². The third kappa shape index (κ3) is 1.66. The Kier molecular flexibility index (Phi) is 3.09. The van der Waals surface area contributed by atoms with Crippen LogP contribution in [-0.4, -0.2) is 0 Å². The number of hydrogen-bond acceptors (Lipinski definition) is 0.